The van der Waals surface area contributed by atoms with Crippen molar-refractivity contribution in [2.45, 2.75) is 6.92 Å². The maximum atomic E-state index is 12.6. The predicted octanol–water partition coefficient (Wildman–Crippen LogP) is 2.56. The number of fused-ring (bicyclic) bond motifs is 1. The lowest BCUT2D eigenvalue weighted by atomic mass is 10.1. The molecule has 0 aliphatic rings. The number of hydrogen-bond acceptors (Lipinski definition) is 4. The second-order valence-electron chi connectivity index (χ2n) is 4.50. The van der Waals surface area contributed by atoms with Crippen molar-refractivity contribution in [2.24, 2.45) is 7.05 Å². The summed E-state index contributed by atoms with van der Waals surface area (Å²) in [6, 6.07) is 7.21. The highest BCUT2D eigenvalue weighted by atomic mass is 35.5. The largest absolute Gasteiger partial charge is 0.285 e. The van der Waals surface area contributed by atoms with E-state index in [2.05, 4.69) is 15.1 Å². The molecule has 2 aromatic heterocycles. The molecule has 3 rings (SSSR count). The molecule has 0 bridgehead atoms. The molecule has 6 heteroatoms. The lowest BCUT2D eigenvalue weighted by Gasteiger charge is -2.01. The Kier molecular flexibility index (Phi) is 2.99. The van der Waals surface area contributed by atoms with E-state index in [1.54, 1.807) is 11.7 Å². The van der Waals surface area contributed by atoms with Crippen LogP contribution in [-0.2, 0) is 7.05 Å². The van der Waals surface area contributed by atoms with Gasteiger partial charge in [0.05, 0.1) is 5.52 Å². The molecular weight excluding hydrogens is 276 g/mol. The summed E-state index contributed by atoms with van der Waals surface area (Å²) in [5.74, 6) is -0.218. The van der Waals surface area contributed by atoms with Crippen molar-refractivity contribution in [3.8, 4) is 0 Å². The molecule has 3 aromatic rings. The van der Waals surface area contributed by atoms with E-state index in [-0.39, 0.29) is 16.6 Å². The molecule has 20 heavy (non-hydrogen) atoms. The molecule has 5 nitrogen and oxygen atoms in total. The first-order valence-corrected chi connectivity index (χ1v) is 6.40. The van der Waals surface area contributed by atoms with Gasteiger partial charge in [-0.2, -0.15) is 5.10 Å². The van der Waals surface area contributed by atoms with E-state index in [1.807, 2.05) is 25.1 Å². The first-order chi connectivity index (χ1) is 9.58. The third kappa shape index (κ3) is 1.96. The van der Waals surface area contributed by atoms with Crippen molar-refractivity contribution < 1.29 is 4.79 Å². The fourth-order valence-electron chi connectivity index (χ4n) is 2.21. The van der Waals surface area contributed by atoms with Crippen LogP contribution in [-0.4, -0.2) is 25.5 Å². The van der Waals surface area contributed by atoms with Crippen LogP contribution in [0.3, 0.4) is 0 Å². The number of aryl methyl sites for hydroxylation is 2. The fraction of sp³-hybridized carbons (Fsp3) is 0.143. The average Bonchev–Trinajstić information content (AvgIpc) is 2.76. The van der Waals surface area contributed by atoms with Gasteiger partial charge in [-0.05, 0) is 12.5 Å². The van der Waals surface area contributed by atoms with Crippen LogP contribution in [0.4, 0.5) is 0 Å². The van der Waals surface area contributed by atoms with Crippen LogP contribution < -0.4 is 0 Å². The van der Waals surface area contributed by atoms with Gasteiger partial charge in [0.25, 0.3) is 0 Å². The van der Waals surface area contributed by atoms with Crippen molar-refractivity contribution in [1.82, 2.24) is 19.7 Å². The van der Waals surface area contributed by atoms with Gasteiger partial charge in [0, 0.05) is 18.5 Å². The van der Waals surface area contributed by atoms with Gasteiger partial charge < -0.3 is 0 Å². The number of ketones is 1. The van der Waals surface area contributed by atoms with E-state index in [0.717, 1.165) is 16.5 Å². The molecular formula is C14H11ClN4O. The molecule has 100 valence electrons. The maximum absolute atomic E-state index is 12.6. The SMILES string of the molecule is Cc1cccc2c(C(=O)c3cc(Cl)ncn3)n(C)nc12. The van der Waals surface area contributed by atoms with E-state index < -0.39 is 0 Å². The summed E-state index contributed by atoms with van der Waals surface area (Å²) in [6.45, 7) is 1.96. The molecule has 0 aliphatic heterocycles. The zero-order chi connectivity index (χ0) is 14.3. The summed E-state index contributed by atoms with van der Waals surface area (Å²) in [7, 11) is 1.75. The normalized spacial score (nSPS) is 10.9. The Morgan fingerprint density at radius 1 is 1.30 bits per heavy atom. The van der Waals surface area contributed by atoms with E-state index in [0.29, 0.717) is 5.69 Å². The van der Waals surface area contributed by atoms with Crippen molar-refractivity contribution >= 4 is 28.3 Å². The highest BCUT2D eigenvalue weighted by molar-refractivity contribution is 6.30. The number of hydrogen-bond donors (Lipinski definition) is 0. The third-order valence-corrected chi connectivity index (χ3v) is 3.35. The zero-order valence-corrected chi connectivity index (χ0v) is 11.7. The molecule has 0 unspecified atom stereocenters. The van der Waals surface area contributed by atoms with Crippen LogP contribution in [0.1, 0.15) is 21.7 Å². The zero-order valence-electron chi connectivity index (χ0n) is 11.0. The number of nitrogens with zero attached hydrogens (tertiary/aromatic N) is 4. The fourth-order valence-corrected chi connectivity index (χ4v) is 2.35. The molecule has 0 aliphatic carbocycles. The van der Waals surface area contributed by atoms with Crippen molar-refractivity contribution in [3.05, 3.63) is 52.7 Å². The lowest BCUT2D eigenvalue weighted by Crippen LogP contribution is -2.10. The topological polar surface area (TPSA) is 60.7 Å². The van der Waals surface area contributed by atoms with Crippen LogP contribution in [0.25, 0.3) is 10.9 Å². The average molecular weight is 287 g/mol. The summed E-state index contributed by atoms with van der Waals surface area (Å²) in [5, 5.41) is 5.46. The summed E-state index contributed by atoms with van der Waals surface area (Å²) in [4.78, 5) is 20.4. The monoisotopic (exact) mass is 286 g/mol. The summed E-state index contributed by atoms with van der Waals surface area (Å²) < 4.78 is 1.58. The van der Waals surface area contributed by atoms with Crippen LogP contribution in [0.2, 0.25) is 5.15 Å². The highest BCUT2D eigenvalue weighted by Gasteiger charge is 2.20. The lowest BCUT2D eigenvalue weighted by molar-refractivity contribution is 0.102. The minimum absolute atomic E-state index is 0.218. The number of aromatic nitrogens is 4. The van der Waals surface area contributed by atoms with Gasteiger partial charge in [-0.25, -0.2) is 9.97 Å². The maximum Gasteiger partial charge on any atom is 0.230 e. The van der Waals surface area contributed by atoms with Crippen LogP contribution in [0.15, 0.2) is 30.6 Å². The Hall–Kier alpha value is -2.27. The molecule has 0 saturated carbocycles. The minimum atomic E-state index is -0.218. The molecule has 0 spiro atoms. The molecule has 0 saturated heterocycles. The molecule has 0 fully saturated rings. The van der Waals surface area contributed by atoms with E-state index in [9.17, 15) is 4.79 Å². The second-order valence-corrected chi connectivity index (χ2v) is 4.89. The Balaban J connectivity index is 2.22. The van der Waals surface area contributed by atoms with Gasteiger partial charge in [-0.3, -0.25) is 9.48 Å². The highest BCUT2D eigenvalue weighted by Crippen LogP contribution is 2.23. The van der Waals surface area contributed by atoms with Crippen LogP contribution >= 0.6 is 11.6 Å². The number of rotatable bonds is 2. The summed E-state index contributed by atoms with van der Waals surface area (Å²) in [5.41, 5.74) is 2.60. The van der Waals surface area contributed by atoms with Crippen LogP contribution in [0.5, 0.6) is 0 Å². The number of halogens is 1. The second kappa shape index (κ2) is 4.68. The molecule has 2 heterocycles. The van der Waals surface area contributed by atoms with E-state index in [4.69, 9.17) is 11.6 Å². The van der Waals surface area contributed by atoms with Gasteiger partial charge in [-0.15, -0.1) is 0 Å². The summed E-state index contributed by atoms with van der Waals surface area (Å²) in [6.07, 6.45) is 1.28. The van der Waals surface area contributed by atoms with Gasteiger partial charge in [0.2, 0.25) is 5.78 Å². The molecule has 0 radical (unpaired) electrons. The minimum Gasteiger partial charge on any atom is -0.285 e. The Bertz CT molecular complexity index is 825. The van der Waals surface area contributed by atoms with E-state index >= 15 is 0 Å². The molecule has 0 atom stereocenters. The first-order valence-electron chi connectivity index (χ1n) is 6.02. The number of benzene rings is 1. The summed E-state index contributed by atoms with van der Waals surface area (Å²) >= 11 is 5.81. The van der Waals surface area contributed by atoms with Gasteiger partial charge in [-0.1, -0.05) is 29.8 Å². The standard InChI is InChI=1S/C14H11ClN4O/c1-8-4-3-5-9-12(8)18-19(2)13(9)14(20)10-6-11(15)17-7-16-10/h3-7H,1-2H3. The Labute approximate surface area is 120 Å². The van der Waals surface area contributed by atoms with Crippen molar-refractivity contribution in [1.29, 1.82) is 0 Å². The van der Waals surface area contributed by atoms with Crippen LogP contribution in [0, 0.1) is 6.92 Å². The van der Waals surface area contributed by atoms with Crippen molar-refractivity contribution in [3.63, 3.8) is 0 Å². The van der Waals surface area contributed by atoms with E-state index in [1.165, 1.54) is 12.4 Å². The van der Waals surface area contributed by atoms with Gasteiger partial charge in [0.15, 0.2) is 0 Å². The smallest absolute Gasteiger partial charge is 0.230 e. The molecule has 0 amide bonds. The third-order valence-electron chi connectivity index (χ3n) is 3.15. The Morgan fingerprint density at radius 2 is 2.10 bits per heavy atom. The first kappa shape index (κ1) is 12.7. The van der Waals surface area contributed by atoms with Gasteiger partial charge >= 0.3 is 0 Å². The van der Waals surface area contributed by atoms with Crippen molar-refractivity contribution in [2.75, 3.05) is 0 Å². The molecule has 0 N–H and O–H groups in total. The quantitative estimate of drug-likeness (QED) is 0.536. The number of carbonyl (C=O) groups excluding carboxylic acids is 1. The molecule has 1 aromatic carbocycles. The predicted molar refractivity (Wildman–Crippen MR) is 75.9 cm³/mol. The Morgan fingerprint density at radius 3 is 2.85 bits per heavy atom. The van der Waals surface area contributed by atoms with Gasteiger partial charge in [0.1, 0.15) is 22.9 Å². The number of carbonyl (C=O) groups is 1.